The van der Waals surface area contributed by atoms with E-state index in [-0.39, 0.29) is 0 Å². The van der Waals surface area contributed by atoms with Gasteiger partial charge in [-0.15, -0.1) is 5.10 Å². The first kappa shape index (κ1) is 13.6. The molecule has 1 aromatic carbocycles. The molecule has 0 aliphatic carbocycles. The smallest absolute Gasteiger partial charge is 0.316 e. The van der Waals surface area contributed by atoms with Crippen LogP contribution in [0.4, 0.5) is 6.01 Å². The van der Waals surface area contributed by atoms with Crippen molar-refractivity contribution in [3.8, 4) is 11.7 Å². The Kier molecular flexibility index (Phi) is 3.62. The van der Waals surface area contributed by atoms with Crippen molar-refractivity contribution in [2.24, 2.45) is 7.05 Å². The molecular weight excluding hydrogens is 290 g/mol. The van der Waals surface area contributed by atoms with E-state index in [1.165, 1.54) is 0 Å². The van der Waals surface area contributed by atoms with Crippen LogP contribution in [0.5, 0.6) is 0 Å². The monoisotopic (exact) mass is 303 g/mol. The Labute approximate surface area is 126 Å². The zero-order valence-electron chi connectivity index (χ0n) is 11.7. The number of benzene rings is 1. The Balaban J connectivity index is 1.70. The highest BCUT2D eigenvalue weighted by molar-refractivity contribution is 6.31. The maximum atomic E-state index is 6.00. The topological polar surface area (TPSA) is 68.8 Å². The van der Waals surface area contributed by atoms with E-state index in [4.69, 9.17) is 16.0 Å². The van der Waals surface area contributed by atoms with Crippen LogP contribution in [0, 0.1) is 6.92 Å². The van der Waals surface area contributed by atoms with Crippen molar-refractivity contribution < 1.29 is 4.42 Å². The van der Waals surface area contributed by atoms with Crippen LogP contribution in [0.15, 0.2) is 35.0 Å². The van der Waals surface area contributed by atoms with Gasteiger partial charge in [0.05, 0.1) is 0 Å². The van der Waals surface area contributed by atoms with E-state index in [0.29, 0.717) is 24.3 Å². The largest absolute Gasteiger partial charge is 0.400 e. The molecule has 21 heavy (non-hydrogen) atoms. The highest BCUT2D eigenvalue weighted by atomic mass is 35.5. The van der Waals surface area contributed by atoms with Crippen molar-refractivity contribution in [2.45, 2.75) is 13.5 Å². The molecule has 0 atom stereocenters. The predicted molar refractivity (Wildman–Crippen MR) is 80.0 cm³/mol. The summed E-state index contributed by atoms with van der Waals surface area (Å²) in [7, 11) is 1.87. The van der Waals surface area contributed by atoms with Gasteiger partial charge in [-0.25, -0.2) is 4.98 Å². The molecule has 3 aromatic rings. The Morgan fingerprint density at radius 2 is 2.19 bits per heavy atom. The van der Waals surface area contributed by atoms with Gasteiger partial charge in [0.2, 0.25) is 0 Å². The van der Waals surface area contributed by atoms with Crippen LogP contribution in [0.25, 0.3) is 11.7 Å². The molecule has 2 aromatic heterocycles. The van der Waals surface area contributed by atoms with Gasteiger partial charge in [-0.3, -0.25) is 0 Å². The van der Waals surface area contributed by atoms with Crippen LogP contribution in [0.1, 0.15) is 11.1 Å². The maximum Gasteiger partial charge on any atom is 0.316 e. The first-order valence-corrected chi connectivity index (χ1v) is 6.81. The van der Waals surface area contributed by atoms with Crippen molar-refractivity contribution in [1.29, 1.82) is 0 Å². The van der Waals surface area contributed by atoms with Crippen LogP contribution in [0.3, 0.4) is 0 Å². The van der Waals surface area contributed by atoms with Gasteiger partial charge in [-0.05, 0) is 24.1 Å². The number of nitrogens with zero attached hydrogens (tertiary/aromatic N) is 4. The van der Waals surface area contributed by atoms with Crippen LogP contribution in [-0.2, 0) is 13.6 Å². The molecule has 0 amide bonds. The predicted octanol–water partition coefficient (Wildman–Crippen LogP) is 3.04. The first-order chi connectivity index (χ1) is 10.1. The number of imidazole rings is 1. The number of rotatable bonds is 4. The second-order valence-electron chi connectivity index (χ2n) is 4.71. The number of aryl methyl sites for hydroxylation is 2. The Bertz CT molecular complexity index is 764. The molecular formula is C14H14ClN5O. The lowest BCUT2D eigenvalue weighted by Gasteiger charge is -2.04. The van der Waals surface area contributed by atoms with Gasteiger partial charge < -0.3 is 14.3 Å². The van der Waals surface area contributed by atoms with E-state index in [9.17, 15) is 0 Å². The van der Waals surface area contributed by atoms with Gasteiger partial charge in [0, 0.05) is 31.0 Å². The highest BCUT2D eigenvalue weighted by Crippen LogP contribution is 2.19. The fraction of sp³-hybridized carbons (Fsp3) is 0.214. The summed E-state index contributed by atoms with van der Waals surface area (Å²) >= 11 is 6.00. The Morgan fingerprint density at radius 3 is 2.90 bits per heavy atom. The summed E-state index contributed by atoms with van der Waals surface area (Å²) < 4.78 is 7.36. The van der Waals surface area contributed by atoms with E-state index in [0.717, 1.165) is 16.1 Å². The lowest BCUT2D eigenvalue weighted by Crippen LogP contribution is -1.99. The third-order valence-electron chi connectivity index (χ3n) is 3.10. The maximum absolute atomic E-state index is 6.00. The molecule has 0 radical (unpaired) electrons. The van der Waals surface area contributed by atoms with Crippen molar-refractivity contribution in [2.75, 3.05) is 5.32 Å². The zero-order chi connectivity index (χ0) is 14.8. The van der Waals surface area contributed by atoms with Gasteiger partial charge in [-0.2, -0.15) is 0 Å². The fourth-order valence-corrected chi connectivity index (χ4v) is 2.07. The second-order valence-corrected chi connectivity index (χ2v) is 5.12. The van der Waals surface area contributed by atoms with Crippen LogP contribution in [0.2, 0.25) is 5.02 Å². The standard InChI is InChI=1S/C14H14ClN5O/c1-9-7-10(3-4-11(9)15)8-17-14-19-18-13(21-14)12-16-5-6-20(12)2/h3-7H,8H2,1-2H3,(H,17,19). The minimum atomic E-state index is 0.362. The Morgan fingerprint density at radius 1 is 1.33 bits per heavy atom. The van der Waals surface area contributed by atoms with Crippen LogP contribution < -0.4 is 5.32 Å². The molecule has 1 N–H and O–H groups in total. The number of halogens is 1. The molecule has 7 heteroatoms. The summed E-state index contributed by atoms with van der Waals surface area (Å²) in [6, 6.07) is 6.21. The molecule has 0 saturated heterocycles. The second kappa shape index (κ2) is 5.57. The Hall–Kier alpha value is -2.34. The van der Waals surface area contributed by atoms with Gasteiger partial charge in [-0.1, -0.05) is 28.8 Å². The number of hydrogen-bond donors (Lipinski definition) is 1. The number of aromatic nitrogens is 4. The summed E-state index contributed by atoms with van der Waals surface area (Å²) in [5, 5.41) is 11.8. The lowest BCUT2D eigenvalue weighted by atomic mass is 10.1. The third kappa shape index (κ3) is 2.90. The molecule has 2 heterocycles. The highest BCUT2D eigenvalue weighted by Gasteiger charge is 2.12. The molecule has 0 aliphatic heterocycles. The average molecular weight is 304 g/mol. The number of hydrogen-bond acceptors (Lipinski definition) is 5. The van der Waals surface area contributed by atoms with E-state index in [1.807, 2.05) is 42.9 Å². The van der Waals surface area contributed by atoms with Gasteiger partial charge in [0.1, 0.15) is 0 Å². The lowest BCUT2D eigenvalue weighted by molar-refractivity contribution is 0.572. The van der Waals surface area contributed by atoms with Crippen molar-refractivity contribution in [3.63, 3.8) is 0 Å². The summed E-state index contributed by atoms with van der Waals surface area (Å²) in [5.41, 5.74) is 2.13. The molecule has 108 valence electrons. The SMILES string of the molecule is Cc1cc(CNc2nnc(-c3nccn3C)o2)ccc1Cl. The molecule has 0 aliphatic rings. The van der Waals surface area contributed by atoms with Crippen molar-refractivity contribution >= 4 is 17.6 Å². The quantitative estimate of drug-likeness (QED) is 0.802. The zero-order valence-corrected chi connectivity index (χ0v) is 12.4. The molecule has 0 unspecified atom stereocenters. The van der Waals surface area contributed by atoms with Crippen molar-refractivity contribution in [1.82, 2.24) is 19.7 Å². The van der Waals surface area contributed by atoms with Crippen molar-refractivity contribution in [3.05, 3.63) is 46.7 Å². The summed E-state index contributed by atoms with van der Waals surface area (Å²) in [6.45, 7) is 2.55. The van der Waals surface area contributed by atoms with Gasteiger partial charge in [0.15, 0.2) is 5.82 Å². The van der Waals surface area contributed by atoms with Crippen LogP contribution in [-0.4, -0.2) is 19.7 Å². The van der Waals surface area contributed by atoms with Crippen LogP contribution >= 0.6 is 11.6 Å². The molecule has 0 bridgehead atoms. The molecule has 6 nitrogen and oxygen atoms in total. The summed E-state index contributed by atoms with van der Waals surface area (Å²) in [6.07, 6.45) is 3.51. The number of anilines is 1. The summed E-state index contributed by atoms with van der Waals surface area (Å²) in [4.78, 5) is 4.16. The molecule has 0 spiro atoms. The van der Waals surface area contributed by atoms with Gasteiger partial charge in [0.25, 0.3) is 5.89 Å². The number of nitrogens with one attached hydrogen (secondary N) is 1. The fourth-order valence-electron chi connectivity index (χ4n) is 1.95. The molecule has 3 rings (SSSR count). The van der Waals surface area contributed by atoms with E-state index in [2.05, 4.69) is 20.5 Å². The van der Waals surface area contributed by atoms with E-state index < -0.39 is 0 Å². The minimum Gasteiger partial charge on any atom is -0.400 e. The van der Waals surface area contributed by atoms with Gasteiger partial charge >= 0.3 is 6.01 Å². The van der Waals surface area contributed by atoms with E-state index in [1.54, 1.807) is 6.20 Å². The average Bonchev–Trinajstić information content (AvgIpc) is 3.08. The third-order valence-corrected chi connectivity index (χ3v) is 3.53. The summed E-state index contributed by atoms with van der Waals surface area (Å²) in [5.74, 6) is 1.02. The first-order valence-electron chi connectivity index (χ1n) is 6.43. The minimum absolute atomic E-state index is 0.362. The van der Waals surface area contributed by atoms with E-state index >= 15 is 0 Å². The molecule has 0 fully saturated rings. The molecule has 0 saturated carbocycles. The normalized spacial score (nSPS) is 10.8.